The molecule has 0 aromatic heterocycles. The van der Waals surface area contributed by atoms with Gasteiger partial charge in [-0.05, 0) is 37.1 Å². The van der Waals surface area contributed by atoms with Gasteiger partial charge in [-0.15, -0.1) is 0 Å². The largest absolute Gasteiger partial charge is 0.350 e. The van der Waals surface area contributed by atoms with Crippen molar-refractivity contribution in [2.75, 3.05) is 12.4 Å². The Balaban J connectivity index is 1.59. The third kappa shape index (κ3) is 4.91. The number of halogens is 1. The van der Waals surface area contributed by atoms with Crippen molar-refractivity contribution in [2.24, 2.45) is 4.99 Å². The van der Waals surface area contributed by atoms with Crippen LogP contribution in [0.4, 0.5) is 5.69 Å². The molecule has 2 unspecified atom stereocenters. The molecule has 1 aromatic carbocycles. The maximum Gasteiger partial charge on any atom is 0.226 e. The Labute approximate surface area is 159 Å². The predicted molar refractivity (Wildman–Crippen MR) is 108 cm³/mol. The standard InChI is InChI=1S/C19H26ClN3OS/c1-13-17(12-18(24)21-16-10-8-14(20)9-11-16)23(2)19(25-13)22-15-6-4-3-5-7-15/h8-11,13,15,17H,3-7,12H2,1-2H3,(H,21,24)/b22-19-. The van der Waals surface area contributed by atoms with Gasteiger partial charge in [0.25, 0.3) is 0 Å². The van der Waals surface area contributed by atoms with Gasteiger partial charge in [0, 0.05) is 29.4 Å². The minimum Gasteiger partial charge on any atom is -0.350 e. The summed E-state index contributed by atoms with van der Waals surface area (Å²) in [5.74, 6) is 0.0329. The smallest absolute Gasteiger partial charge is 0.226 e. The zero-order chi connectivity index (χ0) is 17.8. The number of carbonyl (C=O) groups is 1. The molecule has 4 nitrogen and oxygen atoms in total. The summed E-state index contributed by atoms with van der Waals surface area (Å²) in [6.45, 7) is 2.19. The summed E-state index contributed by atoms with van der Waals surface area (Å²) in [6.07, 6.45) is 6.80. The number of amidine groups is 1. The lowest BCUT2D eigenvalue weighted by Crippen LogP contribution is -2.36. The highest BCUT2D eigenvalue weighted by molar-refractivity contribution is 8.14. The number of amides is 1. The maximum atomic E-state index is 12.4. The second kappa shape index (κ2) is 8.45. The van der Waals surface area contributed by atoms with Crippen molar-refractivity contribution in [2.45, 2.75) is 62.8 Å². The van der Waals surface area contributed by atoms with Crippen molar-refractivity contribution in [1.29, 1.82) is 0 Å². The van der Waals surface area contributed by atoms with Crippen LogP contribution in [0.15, 0.2) is 29.3 Å². The zero-order valence-electron chi connectivity index (χ0n) is 14.9. The molecule has 1 aliphatic carbocycles. The fraction of sp³-hybridized carbons (Fsp3) is 0.579. The van der Waals surface area contributed by atoms with E-state index in [0.29, 0.717) is 22.7 Å². The Kier molecular flexibility index (Phi) is 6.29. The molecule has 0 spiro atoms. The minimum absolute atomic E-state index is 0.0329. The van der Waals surface area contributed by atoms with Crippen LogP contribution in [0.5, 0.6) is 0 Å². The molecule has 1 aliphatic heterocycles. The molecule has 6 heteroatoms. The Morgan fingerprint density at radius 2 is 1.96 bits per heavy atom. The van der Waals surface area contributed by atoms with Crippen LogP contribution < -0.4 is 5.32 Å². The Bertz CT molecular complexity index is 628. The van der Waals surface area contributed by atoms with Crippen LogP contribution in [-0.2, 0) is 4.79 Å². The second-order valence-corrected chi connectivity index (χ2v) is 8.74. The number of rotatable bonds is 4. The fourth-order valence-corrected chi connectivity index (χ4v) is 4.92. The average Bonchev–Trinajstić information content (AvgIpc) is 2.85. The number of anilines is 1. The number of benzene rings is 1. The van der Waals surface area contributed by atoms with E-state index in [-0.39, 0.29) is 11.9 Å². The Morgan fingerprint density at radius 1 is 1.28 bits per heavy atom. The first-order valence-electron chi connectivity index (χ1n) is 9.05. The van der Waals surface area contributed by atoms with Gasteiger partial charge >= 0.3 is 0 Å². The Hall–Kier alpha value is -1.20. The first kappa shape index (κ1) is 18.6. The fourth-order valence-electron chi connectivity index (χ4n) is 3.51. The van der Waals surface area contributed by atoms with E-state index in [1.807, 2.05) is 12.1 Å². The number of aliphatic imine (C=N–C) groups is 1. The van der Waals surface area contributed by atoms with Crippen molar-refractivity contribution in [3.63, 3.8) is 0 Å². The van der Waals surface area contributed by atoms with Gasteiger partial charge in [-0.2, -0.15) is 0 Å². The van der Waals surface area contributed by atoms with Crippen molar-refractivity contribution in [3.05, 3.63) is 29.3 Å². The van der Waals surface area contributed by atoms with Crippen molar-refractivity contribution in [1.82, 2.24) is 4.90 Å². The first-order valence-corrected chi connectivity index (χ1v) is 10.3. The number of nitrogens with one attached hydrogen (secondary N) is 1. The van der Waals surface area contributed by atoms with Gasteiger partial charge < -0.3 is 10.2 Å². The van der Waals surface area contributed by atoms with E-state index < -0.39 is 0 Å². The van der Waals surface area contributed by atoms with Crippen LogP contribution >= 0.6 is 23.4 Å². The van der Waals surface area contributed by atoms with Crippen LogP contribution in [0.3, 0.4) is 0 Å². The van der Waals surface area contributed by atoms with Gasteiger partial charge in [0.1, 0.15) is 0 Å². The molecule has 0 bridgehead atoms. The highest BCUT2D eigenvalue weighted by Crippen LogP contribution is 2.34. The molecule has 25 heavy (non-hydrogen) atoms. The lowest BCUT2D eigenvalue weighted by atomic mass is 9.96. The number of carbonyl (C=O) groups excluding carboxylic acids is 1. The summed E-state index contributed by atoms with van der Waals surface area (Å²) in [4.78, 5) is 19.6. The lowest BCUT2D eigenvalue weighted by Gasteiger charge is -2.24. The van der Waals surface area contributed by atoms with Gasteiger partial charge in [-0.1, -0.05) is 49.5 Å². The molecule has 1 heterocycles. The number of hydrogen-bond acceptors (Lipinski definition) is 3. The SMILES string of the molecule is CC1S/C(=N\C2CCCCC2)N(C)C1CC(=O)Nc1ccc(Cl)cc1. The van der Waals surface area contributed by atoms with Gasteiger partial charge in [0.2, 0.25) is 5.91 Å². The zero-order valence-corrected chi connectivity index (χ0v) is 16.4. The Morgan fingerprint density at radius 3 is 2.64 bits per heavy atom. The van der Waals surface area contributed by atoms with E-state index in [1.54, 1.807) is 23.9 Å². The van der Waals surface area contributed by atoms with E-state index in [1.165, 1.54) is 32.1 Å². The summed E-state index contributed by atoms with van der Waals surface area (Å²) in [7, 11) is 2.07. The first-order chi connectivity index (χ1) is 12.0. The molecule has 0 radical (unpaired) electrons. The van der Waals surface area contributed by atoms with E-state index in [9.17, 15) is 4.79 Å². The van der Waals surface area contributed by atoms with Crippen LogP contribution in [-0.4, -0.2) is 40.4 Å². The van der Waals surface area contributed by atoms with Gasteiger partial charge in [0.05, 0.1) is 12.1 Å². The minimum atomic E-state index is 0.0329. The molecule has 136 valence electrons. The molecule has 1 N–H and O–H groups in total. The molecule has 1 saturated heterocycles. The third-order valence-corrected chi connectivity index (χ3v) is 6.56. The summed E-state index contributed by atoms with van der Waals surface area (Å²) in [5, 5.41) is 5.09. The molecule has 1 aromatic rings. The molecular formula is C19H26ClN3OS. The maximum absolute atomic E-state index is 12.4. The summed E-state index contributed by atoms with van der Waals surface area (Å²) >= 11 is 7.69. The quantitative estimate of drug-likeness (QED) is 0.817. The topological polar surface area (TPSA) is 44.7 Å². The molecule has 1 amide bonds. The third-order valence-electron chi connectivity index (χ3n) is 5.02. The lowest BCUT2D eigenvalue weighted by molar-refractivity contribution is -0.117. The van der Waals surface area contributed by atoms with Crippen LogP contribution in [0.25, 0.3) is 0 Å². The molecule has 3 rings (SSSR count). The predicted octanol–water partition coefficient (Wildman–Crippen LogP) is 4.79. The van der Waals surface area contributed by atoms with Crippen molar-refractivity contribution < 1.29 is 4.79 Å². The molecule has 2 fully saturated rings. The van der Waals surface area contributed by atoms with Crippen LogP contribution in [0, 0.1) is 0 Å². The monoisotopic (exact) mass is 379 g/mol. The van der Waals surface area contributed by atoms with Crippen LogP contribution in [0.2, 0.25) is 5.02 Å². The molecule has 2 aliphatic rings. The number of hydrogen-bond donors (Lipinski definition) is 1. The molecular weight excluding hydrogens is 354 g/mol. The van der Waals surface area contributed by atoms with Crippen molar-refractivity contribution >= 4 is 40.1 Å². The summed E-state index contributed by atoms with van der Waals surface area (Å²) in [5.41, 5.74) is 0.784. The van der Waals surface area contributed by atoms with E-state index in [4.69, 9.17) is 16.6 Å². The summed E-state index contributed by atoms with van der Waals surface area (Å²) in [6, 6.07) is 7.87. The molecule has 1 saturated carbocycles. The number of thioether (sulfide) groups is 1. The second-order valence-electron chi connectivity index (χ2n) is 6.96. The average molecular weight is 380 g/mol. The van der Waals surface area contributed by atoms with E-state index >= 15 is 0 Å². The van der Waals surface area contributed by atoms with Crippen molar-refractivity contribution in [3.8, 4) is 0 Å². The highest BCUT2D eigenvalue weighted by atomic mass is 35.5. The van der Waals surface area contributed by atoms with E-state index in [0.717, 1.165) is 10.9 Å². The van der Waals surface area contributed by atoms with Gasteiger partial charge in [-0.25, -0.2) is 0 Å². The van der Waals surface area contributed by atoms with Gasteiger partial charge in [0.15, 0.2) is 5.17 Å². The normalized spacial score (nSPS) is 26.2. The van der Waals surface area contributed by atoms with E-state index in [2.05, 4.69) is 24.2 Å². The van der Waals surface area contributed by atoms with Crippen LogP contribution in [0.1, 0.15) is 45.4 Å². The molecule has 2 atom stereocenters. The summed E-state index contributed by atoms with van der Waals surface area (Å²) < 4.78 is 0. The number of nitrogens with zero attached hydrogens (tertiary/aromatic N) is 2. The highest BCUT2D eigenvalue weighted by Gasteiger charge is 2.35. The van der Waals surface area contributed by atoms with Gasteiger partial charge in [-0.3, -0.25) is 9.79 Å².